The van der Waals surface area contributed by atoms with Crippen LogP contribution in [0.2, 0.25) is 0 Å². The van der Waals surface area contributed by atoms with E-state index in [9.17, 15) is 0 Å². The molecule has 0 aromatic carbocycles. The van der Waals surface area contributed by atoms with Crippen LogP contribution in [-0.4, -0.2) is 24.5 Å². The van der Waals surface area contributed by atoms with Crippen molar-refractivity contribution in [3.8, 4) is 6.07 Å². The van der Waals surface area contributed by atoms with Gasteiger partial charge in [0.05, 0.1) is 6.07 Å². The molecule has 1 aliphatic heterocycles. The maximum absolute atomic E-state index is 8.52. The van der Waals surface area contributed by atoms with Gasteiger partial charge in [-0.05, 0) is 31.8 Å². The SMILES string of the molecule is CCCCN1CCC(CC#N)C1. The second-order valence-electron chi connectivity index (χ2n) is 3.67. The third kappa shape index (κ3) is 2.83. The standard InChI is InChI=1S/C10H18N2/c1-2-3-7-12-8-5-10(9-12)4-6-11/h10H,2-5,7-9H2,1H3. The number of nitriles is 1. The number of rotatable bonds is 4. The minimum atomic E-state index is 0.659. The Morgan fingerprint density at radius 3 is 3.08 bits per heavy atom. The molecule has 0 radical (unpaired) electrons. The molecule has 0 spiro atoms. The third-order valence-corrected chi connectivity index (χ3v) is 2.58. The van der Waals surface area contributed by atoms with Crippen LogP contribution in [0.15, 0.2) is 0 Å². The molecular weight excluding hydrogens is 148 g/mol. The first-order valence-corrected chi connectivity index (χ1v) is 4.96. The molecule has 0 aromatic heterocycles. The van der Waals surface area contributed by atoms with Crippen molar-refractivity contribution in [3.05, 3.63) is 0 Å². The lowest BCUT2D eigenvalue weighted by Gasteiger charge is -2.13. The van der Waals surface area contributed by atoms with E-state index in [1.165, 1.54) is 32.4 Å². The highest BCUT2D eigenvalue weighted by Crippen LogP contribution is 2.18. The highest BCUT2D eigenvalue weighted by atomic mass is 15.1. The van der Waals surface area contributed by atoms with E-state index >= 15 is 0 Å². The zero-order chi connectivity index (χ0) is 8.81. The fourth-order valence-corrected chi connectivity index (χ4v) is 1.79. The molecule has 12 heavy (non-hydrogen) atoms. The lowest BCUT2D eigenvalue weighted by atomic mass is 10.1. The summed E-state index contributed by atoms with van der Waals surface area (Å²) in [6.07, 6.45) is 4.57. The van der Waals surface area contributed by atoms with Crippen molar-refractivity contribution in [2.75, 3.05) is 19.6 Å². The van der Waals surface area contributed by atoms with Gasteiger partial charge < -0.3 is 4.90 Å². The zero-order valence-corrected chi connectivity index (χ0v) is 7.92. The van der Waals surface area contributed by atoms with Crippen LogP contribution in [0.1, 0.15) is 32.6 Å². The second kappa shape index (κ2) is 5.16. The van der Waals surface area contributed by atoms with Crippen LogP contribution in [-0.2, 0) is 0 Å². The number of unbranched alkanes of at least 4 members (excludes halogenated alkanes) is 1. The fourth-order valence-electron chi connectivity index (χ4n) is 1.79. The van der Waals surface area contributed by atoms with Gasteiger partial charge in [-0.1, -0.05) is 13.3 Å². The predicted octanol–water partition coefficient (Wildman–Crippen LogP) is 2.02. The third-order valence-electron chi connectivity index (χ3n) is 2.58. The quantitative estimate of drug-likeness (QED) is 0.639. The summed E-state index contributed by atoms with van der Waals surface area (Å²) in [5.74, 6) is 0.659. The zero-order valence-electron chi connectivity index (χ0n) is 7.92. The minimum Gasteiger partial charge on any atom is -0.303 e. The number of hydrogen-bond acceptors (Lipinski definition) is 2. The van der Waals surface area contributed by atoms with Crippen molar-refractivity contribution in [3.63, 3.8) is 0 Å². The molecule has 1 unspecified atom stereocenters. The van der Waals surface area contributed by atoms with Crippen molar-refractivity contribution in [1.82, 2.24) is 4.90 Å². The first kappa shape index (κ1) is 9.54. The Kier molecular flexibility index (Phi) is 4.10. The van der Waals surface area contributed by atoms with Gasteiger partial charge in [0, 0.05) is 13.0 Å². The average molecular weight is 166 g/mol. The molecule has 0 aromatic rings. The fraction of sp³-hybridized carbons (Fsp3) is 0.900. The Bertz CT molecular complexity index is 160. The number of nitrogens with zero attached hydrogens (tertiary/aromatic N) is 2. The summed E-state index contributed by atoms with van der Waals surface area (Å²) in [6.45, 7) is 5.83. The summed E-state index contributed by atoms with van der Waals surface area (Å²) in [4.78, 5) is 2.49. The molecule has 1 rings (SSSR count). The molecule has 0 bridgehead atoms. The van der Waals surface area contributed by atoms with Crippen molar-refractivity contribution in [2.45, 2.75) is 32.6 Å². The second-order valence-corrected chi connectivity index (χ2v) is 3.67. The molecule has 1 fully saturated rings. The van der Waals surface area contributed by atoms with E-state index in [2.05, 4.69) is 17.9 Å². The van der Waals surface area contributed by atoms with E-state index in [1.54, 1.807) is 0 Å². The molecule has 0 N–H and O–H groups in total. The van der Waals surface area contributed by atoms with Crippen LogP contribution in [0.5, 0.6) is 0 Å². The summed E-state index contributed by atoms with van der Waals surface area (Å²) in [5, 5.41) is 8.52. The maximum Gasteiger partial charge on any atom is 0.0625 e. The molecule has 2 nitrogen and oxygen atoms in total. The topological polar surface area (TPSA) is 27.0 Å². The smallest absolute Gasteiger partial charge is 0.0625 e. The Morgan fingerprint density at radius 2 is 2.42 bits per heavy atom. The van der Waals surface area contributed by atoms with Crippen LogP contribution < -0.4 is 0 Å². The lowest BCUT2D eigenvalue weighted by molar-refractivity contribution is 0.319. The van der Waals surface area contributed by atoms with Crippen LogP contribution in [0.25, 0.3) is 0 Å². The van der Waals surface area contributed by atoms with Crippen molar-refractivity contribution >= 4 is 0 Å². The van der Waals surface area contributed by atoms with Gasteiger partial charge in [-0.25, -0.2) is 0 Å². The van der Waals surface area contributed by atoms with Gasteiger partial charge in [-0.15, -0.1) is 0 Å². The predicted molar refractivity (Wildman–Crippen MR) is 49.7 cm³/mol. The molecule has 1 aliphatic rings. The molecule has 0 aliphatic carbocycles. The van der Waals surface area contributed by atoms with Gasteiger partial charge in [0.1, 0.15) is 0 Å². The molecule has 1 atom stereocenters. The first-order valence-electron chi connectivity index (χ1n) is 4.96. The summed E-state index contributed by atoms with van der Waals surface area (Å²) in [7, 11) is 0. The van der Waals surface area contributed by atoms with Gasteiger partial charge in [0.15, 0.2) is 0 Å². The maximum atomic E-state index is 8.52. The Hall–Kier alpha value is -0.550. The van der Waals surface area contributed by atoms with E-state index in [0.717, 1.165) is 13.0 Å². The Balaban J connectivity index is 2.13. The van der Waals surface area contributed by atoms with Gasteiger partial charge in [0.2, 0.25) is 0 Å². The van der Waals surface area contributed by atoms with Crippen LogP contribution in [0.3, 0.4) is 0 Å². The van der Waals surface area contributed by atoms with Crippen LogP contribution in [0.4, 0.5) is 0 Å². The average Bonchev–Trinajstić information content (AvgIpc) is 2.50. The van der Waals surface area contributed by atoms with Gasteiger partial charge in [-0.3, -0.25) is 0 Å². The van der Waals surface area contributed by atoms with Crippen LogP contribution >= 0.6 is 0 Å². The summed E-state index contributed by atoms with van der Waals surface area (Å²) >= 11 is 0. The molecule has 68 valence electrons. The van der Waals surface area contributed by atoms with Crippen molar-refractivity contribution < 1.29 is 0 Å². The van der Waals surface area contributed by atoms with E-state index < -0.39 is 0 Å². The highest BCUT2D eigenvalue weighted by molar-refractivity contribution is 4.83. The monoisotopic (exact) mass is 166 g/mol. The van der Waals surface area contributed by atoms with Crippen molar-refractivity contribution in [2.24, 2.45) is 5.92 Å². The molecule has 1 heterocycles. The molecule has 2 heteroatoms. The Morgan fingerprint density at radius 1 is 1.58 bits per heavy atom. The van der Waals surface area contributed by atoms with E-state index in [0.29, 0.717) is 5.92 Å². The van der Waals surface area contributed by atoms with Crippen LogP contribution in [0, 0.1) is 17.2 Å². The van der Waals surface area contributed by atoms with Gasteiger partial charge in [-0.2, -0.15) is 5.26 Å². The molecule has 1 saturated heterocycles. The summed E-state index contributed by atoms with van der Waals surface area (Å²) < 4.78 is 0. The molecule has 0 saturated carbocycles. The lowest BCUT2D eigenvalue weighted by Crippen LogP contribution is -2.21. The minimum absolute atomic E-state index is 0.659. The number of hydrogen-bond donors (Lipinski definition) is 0. The van der Waals surface area contributed by atoms with Gasteiger partial charge >= 0.3 is 0 Å². The van der Waals surface area contributed by atoms with E-state index in [4.69, 9.17) is 5.26 Å². The normalized spacial score (nSPS) is 24.2. The highest BCUT2D eigenvalue weighted by Gasteiger charge is 2.20. The number of likely N-dealkylation sites (tertiary alicyclic amines) is 1. The summed E-state index contributed by atoms with van der Waals surface area (Å²) in [6, 6.07) is 2.26. The van der Waals surface area contributed by atoms with E-state index in [1.807, 2.05) is 0 Å². The largest absolute Gasteiger partial charge is 0.303 e. The van der Waals surface area contributed by atoms with E-state index in [-0.39, 0.29) is 0 Å². The summed E-state index contributed by atoms with van der Waals surface area (Å²) in [5.41, 5.74) is 0. The van der Waals surface area contributed by atoms with Gasteiger partial charge in [0.25, 0.3) is 0 Å². The molecule has 0 amide bonds. The first-order chi connectivity index (χ1) is 5.86. The van der Waals surface area contributed by atoms with Crippen molar-refractivity contribution in [1.29, 1.82) is 5.26 Å². The molecular formula is C10H18N2. The Labute approximate surface area is 75.2 Å².